The Bertz CT molecular complexity index is 1680. The van der Waals surface area contributed by atoms with Gasteiger partial charge in [0.15, 0.2) is 5.28 Å². The van der Waals surface area contributed by atoms with E-state index in [2.05, 4.69) is 4.72 Å². The zero-order valence-electron chi connectivity index (χ0n) is 20.9. The van der Waals surface area contributed by atoms with Gasteiger partial charge in [0, 0.05) is 16.1 Å². The normalized spacial score (nSPS) is 17.9. The molecule has 1 atom stereocenters. The number of halogens is 1. The molecule has 9 nitrogen and oxygen atoms in total. The number of allylic oxidation sites excluding steroid dienone is 1. The van der Waals surface area contributed by atoms with E-state index in [1.807, 2.05) is 0 Å². The number of nitrogens with one attached hydrogen (secondary N) is 1. The highest BCUT2D eigenvalue weighted by Gasteiger charge is 2.58. The monoisotopic (exact) mass is 609 g/mol. The lowest BCUT2D eigenvalue weighted by Crippen LogP contribution is -2.48. The van der Waals surface area contributed by atoms with E-state index in [1.165, 1.54) is 86.6 Å². The quantitative estimate of drug-likeness (QED) is 0.307. The molecule has 4 rings (SSSR count). The number of carbonyl (C=O) groups excluding carboxylic acids is 1. The van der Waals surface area contributed by atoms with Gasteiger partial charge in [0.05, 0.1) is 23.0 Å². The van der Waals surface area contributed by atoms with Crippen molar-refractivity contribution in [1.29, 1.82) is 0 Å². The number of sulfonamides is 1. The molecule has 3 aromatic carbocycles. The predicted molar refractivity (Wildman–Crippen MR) is 147 cm³/mol. The van der Waals surface area contributed by atoms with Crippen LogP contribution in [-0.4, -0.2) is 35.8 Å². The second-order valence-electron chi connectivity index (χ2n) is 8.36. The van der Waals surface area contributed by atoms with Crippen LogP contribution in [0.1, 0.15) is 29.8 Å². The summed E-state index contributed by atoms with van der Waals surface area (Å²) >= 11 is 5.93. The van der Waals surface area contributed by atoms with Crippen molar-refractivity contribution in [3.8, 4) is 0 Å². The fourth-order valence-corrected chi connectivity index (χ4v) is 9.84. The summed E-state index contributed by atoms with van der Waals surface area (Å²) in [6, 6.07) is 18.0. The Morgan fingerprint density at radius 3 is 1.97 bits per heavy atom. The van der Waals surface area contributed by atoms with Gasteiger partial charge in [-0.3, -0.25) is 9.36 Å². The van der Waals surface area contributed by atoms with Gasteiger partial charge in [0.25, 0.3) is 0 Å². The molecule has 0 fully saturated rings. The standard InChI is InChI=1S/C26H25ClNO8PS2/c1-3-35-37(30,36-4-2)26(28-39(33,34)21-16-14-19(27)15-17-21)18-24(25(29)22-12-8-9-13-23(22)26)38(31,32)20-10-6-5-7-11-20/h5-18,28H,3-4H2,1-2H3. The number of ketones is 1. The van der Waals surface area contributed by atoms with Crippen LogP contribution >= 0.6 is 19.2 Å². The van der Waals surface area contributed by atoms with Gasteiger partial charge in [-0.15, -0.1) is 0 Å². The Kier molecular flexibility index (Phi) is 8.35. The maximum absolute atomic E-state index is 14.6. The van der Waals surface area contributed by atoms with Crippen molar-refractivity contribution in [3.05, 3.63) is 106 Å². The molecule has 0 aliphatic heterocycles. The third kappa shape index (κ3) is 5.28. The maximum Gasteiger partial charge on any atom is 0.360 e. The summed E-state index contributed by atoms with van der Waals surface area (Å²) in [6.07, 6.45) is 0.847. The maximum atomic E-state index is 14.6. The molecule has 0 amide bonds. The SMILES string of the molecule is CCOP(=O)(OCC)C1(NS(=O)(=O)c2ccc(Cl)cc2)C=C(S(=O)(=O)c2ccccc2)C(=O)c2ccccc21. The van der Waals surface area contributed by atoms with E-state index < -0.39 is 43.4 Å². The van der Waals surface area contributed by atoms with Gasteiger partial charge in [-0.25, -0.2) is 16.8 Å². The molecule has 1 aliphatic rings. The first kappa shape index (κ1) is 29.4. The molecule has 0 saturated carbocycles. The molecule has 13 heteroatoms. The average Bonchev–Trinajstić information content (AvgIpc) is 2.91. The molecular weight excluding hydrogens is 585 g/mol. The Balaban J connectivity index is 2.10. The summed E-state index contributed by atoms with van der Waals surface area (Å²) in [5.41, 5.74) is -0.252. The highest BCUT2D eigenvalue weighted by Crippen LogP contribution is 2.66. The lowest BCUT2D eigenvalue weighted by atomic mass is 9.92. The van der Waals surface area contributed by atoms with Crippen molar-refractivity contribution in [3.63, 3.8) is 0 Å². The summed E-state index contributed by atoms with van der Waals surface area (Å²) in [7, 11) is -13.7. The Morgan fingerprint density at radius 2 is 1.38 bits per heavy atom. The van der Waals surface area contributed by atoms with Gasteiger partial charge in [-0.1, -0.05) is 54.1 Å². The molecular formula is C26H25ClNO8PS2. The lowest BCUT2D eigenvalue weighted by Gasteiger charge is -2.40. The fourth-order valence-electron chi connectivity index (χ4n) is 4.23. The first-order chi connectivity index (χ1) is 18.4. The van der Waals surface area contributed by atoms with Crippen molar-refractivity contribution < 1.29 is 35.2 Å². The lowest BCUT2D eigenvalue weighted by molar-refractivity contribution is 0.103. The van der Waals surface area contributed by atoms with Crippen LogP contribution in [0.2, 0.25) is 5.02 Å². The number of hydrogen-bond donors (Lipinski definition) is 1. The zero-order valence-corrected chi connectivity index (χ0v) is 24.2. The van der Waals surface area contributed by atoms with Gasteiger partial charge < -0.3 is 9.05 Å². The van der Waals surface area contributed by atoms with Crippen LogP contribution in [0.3, 0.4) is 0 Å². The number of sulfone groups is 1. The molecule has 3 aromatic rings. The first-order valence-electron chi connectivity index (χ1n) is 11.8. The number of Topliss-reactive ketones (excluding diaryl/α,β-unsaturated/α-hetero) is 1. The number of rotatable bonds is 10. The van der Waals surface area contributed by atoms with Crippen LogP contribution in [0.25, 0.3) is 0 Å². The minimum atomic E-state index is -4.62. The number of carbonyl (C=O) groups is 1. The van der Waals surface area contributed by atoms with Crippen molar-refractivity contribution in [2.24, 2.45) is 0 Å². The topological polar surface area (TPSA) is 133 Å². The number of benzene rings is 3. The van der Waals surface area contributed by atoms with E-state index in [1.54, 1.807) is 6.07 Å². The van der Waals surface area contributed by atoms with Gasteiger partial charge in [0.1, 0.15) is 4.91 Å². The molecule has 0 bridgehead atoms. The van der Waals surface area contributed by atoms with E-state index in [4.69, 9.17) is 20.6 Å². The summed E-state index contributed by atoms with van der Waals surface area (Å²) in [6.45, 7) is 2.70. The molecule has 1 N–H and O–H groups in total. The van der Waals surface area contributed by atoms with E-state index in [0.29, 0.717) is 0 Å². The second kappa shape index (κ2) is 11.1. The van der Waals surface area contributed by atoms with Crippen molar-refractivity contribution in [1.82, 2.24) is 4.72 Å². The van der Waals surface area contributed by atoms with E-state index in [-0.39, 0.29) is 39.2 Å². The molecule has 0 spiro atoms. The number of hydrogen-bond acceptors (Lipinski definition) is 8. The Hall–Kier alpha value is -2.63. The van der Waals surface area contributed by atoms with Crippen LogP contribution in [0.4, 0.5) is 0 Å². The molecule has 39 heavy (non-hydrogen) atoms. The molecule has 1 unspecified atom stereocenters. The van der Waals surface area contributed by atoms with E-state index in [0.717, 1.165) is 6.08 Å². The van der Waals surface area contributed by atoms with Crippen LogP contribution in [0.15, 0.2) is 99.6 Å². The smallest absolute Gasteiger partial charge is 0.307 e. The minimum Gasteiger partial charge on any atom is -0.307 e. The summed E-state index contributed by atoms with van der Waals surface area (Å²) < 4.78 is 83.2. The van der Waals surface area contributed by atoms with Crippen LogP contribution in [0.5, 0.6) is 0 Å². The van der Waals surface area contributed by atoms with Crippen molar-refractivity contribution >= 4 is 44.8 Å². The Labute approximate surface area is 232 Å². The number of fused-ring (bicyclic) bond motifs is 1. The summed E-state index contributed by atoms with van der Waals surface area (Å²) in [5.74, 6) is -0.893. The molecule has 0 aromatic heterocycles. The highest BCUT2D eigenvalue weighted by atomic mass is 35.5. The van der Waals surface area contributed by atoms with Crippen LogP contribution in [-0.2, 0) is 38.8 Å². The molecule has 1 aliphatic carbocycles. The summed E-state index contributed by atoms with van der Waals surface area (Å²) in [4.78, 5) is 12.4. The average molecular weight is 610 g/mol. The molecule has 0 radical (unpaired) electrons. The summed E-state index contributed by atoms with van der Waals surface area (Å²) in [5, 5.41) is -2.15. The van der Waals surface area contributed by atoms with E-state index >= 15 is 0 Å². The van der Waals surface area contributed by atoms with Crippen molar-refractivity contribution in [2.75, 3.05) is 13.2 Å². The minimum absolute atomic E-state index is 0.0789. The molecule has 0 heterocycles. The van der Waals surface area contributed by atoms with Gasteiger partial charge in [-0.2, -0.15) is 4.72 Å². The van der Waals surface area contributed by atoms with Crippen molar-refractivity contribution in [2.45, 2.75) is 28.9 Å². The third-order valence-corrected chi connectivity index (χ3v) is 12.1. The van der Waals surface area contributed by atoms with E-state index in [9.17, 15) is 26.2 Å². The predicted octanol–water partition coefficient (Wildman–Crippen LogP) is 5.29. The fraction of sp³-hybridized carbons (Fsp3) is 0.192. The zero-order chi connectivity index (χ0) is 28.5. The third-order valence-electron chi connectivity index (χ3n) is 5.93. The van der Waals surface area contributed by atoms with Gasteiger partial charge in [-0.05, 0) is 56.3 Å². The van der Waals surface area contributed by atoms with Gasteiger partial charge >= 0.3 is 7.60 Å². The largest absolute Gasteiger partial charge is 0.360 e. The first-order valence-corrected chi connectivity index (χ1v) is 16.7. The van der Waals surface area contributed by atoms with Gasteiger partial charge in [0.2, 0.25) is 25.6 Å². The molecule has 206 valence electrons. The highest BCUT2D eigenvalue weighted by molar-refractivity contribution is 7.96. The van der Waals surface area contributed by atoms with Crippen LogP contribution < -0.4 is 4.72 Å². The molecule has 0 saturated heterocycles. The van der Waals surface area contributed by atoms with Crippen LogP contribution in [0, 0.1) is 0 Å². The Morgan fingerprint density at radius 1 is 0.821 bits per heavy atom. The second-order valence-corrected chi connectivity index (χ2v) is 14.6.